The van der Waals surface area contributed by atoms with Crippen LogP contribution in [0.2, 0.25) is 5.02 Å². The minimum absolute atomic E-state index is 0.584. The molecule has 0 unspecified atom stereocenters. The van der Waals surface area contributed by atoms with Gasteiger partial charge in [0.2, 0.25) is 0 Å². The molecule has 0 aliphatic heterocycles. The summed E-state index contributed by atoms with van der Waals surface area (Å²) >= 11 is 5.89. The molecule has 0 bridgehead atoms. The van der Waals surface area contributed by atoms with Crippen LogP contribution >= 0.6 is 11.6 Å². The zero-order chi connectivity index (χ0) is 15.0. The lowest BCUT2D eigenvalue weighted by Gasteiger charge is -2.00. The van der Waals surface area contributed by atoms with Crippen LogP contribution in [0.3, 0.4) is 0 Å². The van der Waals surface area contributed by atoms with Crippen LogP contribution in [-0.4, -0.2) is 14.9 Å². The fourth-order valence-corrected chi connectivity index (χ4v) is 2.36. The molecule has 3 rings (SSSR count). The number of hydrogen-bond acceptors (Lipinski definition) is 3. The summed E-state index contributed by atoms with van der Waals surface area (Å²) in [4.78, 5) is 0. The Hall–Kier alpha value is -2.07. The molecule has 1 aromatic carbocycles. The van der Waals surface area contributed by atoms with E-state index in [0.29, 0.717) is 11.6 Å². The van der Waals surface area contributed by atoms with E-state index >= 15 is 0 Å². The molecule has 0 fully saturated rings. The molecular formula is C16H16ClN3O. The summed E-state index contributed by atoms with van der Waals surface area (Å²) in [6, 6.07) is 9.48. The molecule has 0 aliphatic carbocycles. The number of hydrogen-bond donors (Lipinski definition) is 0. The molecule has 3 aromatic rings. The third-order valence-electron chi connectivity index (χ3n) is 3.75. The van der Waals surface area contributed by atoms with Gasteiger partial charge in [0, 0.05) is 22.3 Å². The zero-order valence-electron chi connectivity index (χ0n) is 12.2. The van der Waals surface area contributed by atoms with Crippen molar-refractivity contribution in [2.24, 2.45) is 0 Å². The van der Waals surface area contributed by atoms with Gasteiger partial charge >= 0.3 is 0 Å². The highest BCUT2D eigenvalue weighted by Crippen LogP contribution is 2.22. The first-order valence-corrected chi connectivity index (χ1v) is 7.14. The van der Waals surface area contributed by atoms with E-state index in [1.807, 2.05) is 41.9 Å². The van der Waals surface area contributed by atoms with Crippen molar-refractivity contribution in [3.8, 4) is 11.3 Å². The van der Waals surface area contributed by atoms with Crippen LogP contribution in [0, 0.1) is 20.8 Å². The van der Waals surface area contributed by atoms with Gasteiger partial charge in [0.15, 0.2) is 5.76 Å². The number of halogens is 1. The van der Waals surface area contributed by atoms with Crippen LogP contribution in [0.5, 0.6) is 0 Å². The molecule has 5 heteroatoms. The Morgan fingerprint density at radius 3 is 2.48 bits per heavy atom. The maximum absolute atomic E-state index is 5.89. The summed E-state index contributed by atoms with van der Waals surface area (Å²) < 4.78 is 7.35. The smallest absolute Gasteiger partial charge is 0.158 e. The molecule has 2 aromatic heterocycles. The lowest BCUT2D eigenvalue weighted by Crippen LogP contribution is -2.03. The van der Waals surface area contributed by atoms with Gasteiger partial charge in [0.25, 0.3) is 0 Å². The maximum Gasteiger partial charge on any atom is 0.158 e. The van der Waals surface area contributed by atoms with Gasteiger partial charge < -0.3 is 4.52 Å². The second-order valence-electron chi connectivity index (χ2n) is 5.14. The Labute approximate surface area is 128 Å². The zero-order valence-corrected chi connectivity index (χ0v) is 13.0. The molecule has 108 valence electrons. The summed E-state index contributed by atoms with van der Waals surface area (Å²) in [5.41, 5.74) is 5.20. The van der Waals surface area contributed by atoms with Crippen molar-refractivity contribution in [2.75, 3.05) is 0 Å². The molecule has 21 heavy (non-hydrogen) atoms. The number of benzene rings is 1. The molecule has 0 saturated heterocycles. The minimum Gasteiger partial charge on any atom is -0.359 e. The minimum atomic E-state index is 0.584. The summed E-state index contributed by atoms with van der Waals surface area (Å²) in [5, 5.41) is 9.33. The Morgan fingerprint density at radius 2 is 1.86 bits per heavy atom. The van der Waals surface area contributed by atoms with Crippen molar-refractivity contribution in [3.63, 3.8) is 0 Å². The molecule has 0 saturated carbocycles. The number of aryl methyl sites for hydroxylation is 1. The average molecular weight is 302 g/mol. The lowest BCUT2D eigenvalue weighted by molar-refractivity contribution is 0.371. The Morgan fingerprint density at radius 1 is 1.14 bits per heavy atom. The lowest BCUT2D eigenvalue weighted by atomic mass is 10.1. The van der Waals surface area contributed by atoms with Crippen LogP contribution < -0.4 is 0 Å². The highest BCUT2D eigenvalue weighted by Gasteiger charge is 2.11. The first-order valence-electron chi connectivity index (χ1n) is 6.76. The van der Waals surface area contributed by atoms with E-state index in [2.05, 4.69) is 24.1 Å². The van der Waals surface area contributed by atoms with Crippen molar-refractivity contribution in [3.05, 3.63) is 58.1 Å². The molecule has 0 radical (unpaired) electrons. The van der Waals surface area contributed by atoms with E-state index in [1.54, 1.807) is 0 Å². The Kier molecular flexibility index (Phi) is 3.55. The summed E-state index contributed by atoms with van der Waals surface area (Å²) in [6.45, 7) is 6.74. The quantitative estimate of drug-likeness (QED) is 0.729. The first kappa shape index (κ1) is 13.9. The third kappa shape index (κ3) is 2.72. The van der Waals surface area contributed by atoms with Gasteiger partial charge in [-0.05, 0) is 38.5 Å². The van der Waals surface area contributed by atoms with E-state index in [-0.39, 0.29) is 0 Å². The molecule has 2 heterocycles. The molecule has 0 N–H and O–H groups in total. The van der Waals surface area contributed by atoms with E-state index in [1.165, 1.54) is 5.56 Å². The Bertz CT molecular complexity index is 771. The second kappa shape index (κ2) is 5.37. The van der Waals surface area contributed by atoms with Crippen LogP contribution in [-0.2, 0) is 6.54 Å². The van der Waals surface area contributed by atoms with Gasteiger partial charge in [-0.2, -0.15) is 5.10 Å². The van der Waals surface area contributed by atoms with Crippen molar-refractivity contribution in [1.29, 1.82) is 0 Å². The van der Waals surface area contributed by atoms with Gasteiger partial charge in [-0.3, -0.25) is 4.68 Å². The first-order chi connectivity index (χ1) is 10.0. The fraction of sp³-hybridized carbons (Fsp3) is 0.250. The van der Waals surface area contributed by atoms with E-state index in [9.17, 15) is 0 Å². The van der Waals surface area contributed by atoms with Crippen LogP contribution in [0.25, 0.3) is 11.3 Å². The highest BCUT2D eigenvalue weighted by atomic mass is 35.5. The standard InChI is InChI=1S/C16H16ClN3O/c1-10-11(2)18-20(12(10)3)9-15-8-16(19-21-15)13-4-6-14(17)7-5-13/h4-8H,9H2,1-3H3. The largest absolute Gasteiger partial charge is 0.359 e. The normalized spacial score (nSPS) is 11.0. The monoisotopic (exact) mass is 301 g/mol. The number of rotatable bonds is 3. The molecule has 0 atom stereocenters. The van der Waals surface area contributed by atoms with E-state index < -0.39 is 0 Å². The van der Waals surface area contributed by atoms with E-state index in [0.717, 1.165) is 28.4 Å². The molecule has 4 nitrogen and oxygen atoms in total. The van der Waals surface area contributed by atoms with Gasteiger partial charge in [0.1, 0.15) is 12.2 Å². The van der Waals surface area contributed by atoms with Crippen molar-refractivity contribution >= 4 is 11.6 Å². The maximum atomic E-state index is 5.89. The van der Waals surface area contributed by atoms with Crippen LogP contribution in [0.1, 0.15) is 22.7 Å². The van der Waals surface area contributed by atoms with Crippen LogP contribution in [0.15, 0.2) is 34.9 Å². The Balaban J connectivity index is 1.85. The van der Waals surface area contributed by atoms with Crippen molar-refractivity contribution in [1.82, 2.24) is 14.9 Å². The molecule has 0 aliphatic rings. The molecule has 0 amide bonds. The summed E-state index contributed by atoms with van der Waals surface area (Å²) in [5.74, 6) is 0.783. The van der Waals surface area contributed by atoms with E-state index in [4.69, 9.17) is 16.1 Å². The third-order valence-corrected chi connectivity index (χ3v) is 4.00. The number of aromatic nitrogens is 3. The SMILES string of the molecule is Cc1nn(Cc2cc(-c3ccc(Cl)cc3)no2)c(C)c1C. The topological polar surface area (TPSA) is 43.9 Å². The van der Waals surface area contributed by atoms with Crippen LogP contribution in [0.4, 0.5) is 0 Å². The second-order valence-corrected chi connectivity index (χ2v) is 5.58. The predicted octanol–water partition coefficient (Wildman–Crippen LogP) is 4.17. The summed E-state index contributed by atoms with van der Waals surface area (Å²) in [7, 11) is 0. The summed E-state index contributed by atoms with van der Waals surface area (Å²) in [6.07, 6.45) is 0. The van der Waals surface area contributed by atoms with Gasteiger partial charge in [0.05, 0.1) is 5.69 Å². The number of nitrogens with zero attached hydrogens (tertiary/aromatic N) is 3. The van der Waals surface area contributed by atoms with Crippen molar-refractivity contribution in [2.45, 2.75) is 27.3 Å². The highest BCUT2D eigenvalue weighted by molar-refractivity contribution is 6.30. The molecular weight excluding hydrogens is 286 g/mol. The molecule has 0 spiro atoms. The van der Waals surface area contributed by atoms with Gasteiger partial charge in [-0.15, -0.1) is 0 Å². The van der Waals surface area contributed by atoms with Gasteiger partial charge in [-0.1, -0.05) is 28.9 Å². The average Bonchev–Trinajstić information content (AvgIpc) is 3.02. The predicted molar refractivity (Wildman–Crippen MR) is 82.5 cm³/mol. The van der Waals surface area contributed by atoms with Crippen molar-refractivity contribution < 1.29 is 4.52 Å². The fourth-order valence-electron chi connectivity index (χ4n) is 2.23. The van der Waals surface area contributed by atoms with Gasteiger partial charge in [-0.25, -0.2) is 0 Å².